The molecular formula is C10H15N3O2. The number of carboxylic acid groups (broad SMARTS) is 1. The second-order valence-corrected chi connectivity index (χ2v) is 3.34. The SMILES string of the molecule is NC(CNCc1ccncc1)CC(=O)O. The molecule has 0 aromatic carbocycles. The van der Waals surface area contributed by atoms with E-state index in [-0.39, 0.29) is 12.5 Å². The lowest BCUT2D eigenvalue weighted by Crippen LogP contribution is -2.35. The number of nitrogens with one attached hydrogen (secondary N) is 1. The summed E-state index contributed by atoms with van der Waals surface area (Å²) in [4.78, 5) is 14.2. The quantitative estimate of drug-likeness (QED) is 0.612. The lowest BCUT2D eigenvalue weighted by atomic mass is 10.2. The normalized spacial score (nSPS) is 12.3. The highest BCUT2D eigenvalue weighted by Crippen LogP contribution is 1.95. The van der Waals surface area contributed by atoms with Crippen molar-refractivity contribution in [1.29, 1.82) is 0 Å². The molecule has 1 aromatic rings. The topological polar surface area (TPSA) is 88.2 Å². The van der Waals surface area contributed by atoms with Crippen molar-refractivity contribution in [2.24, 2.45) is 5.73 Å². The van der Waals surface area contributed by atoms with Crippen LogP contribution in [-0.2, 0) is 11.3 Å². The first-order valence-corrected chi connectivity index (χ1v) is 4.75. The molecule has 0 bridgehead atoms. The first-order chi connectivity index (χ1) is 7.18. The molecule has 1 unspecified atom stereocenters. The summed E-state index contributed by atoms with van der Waals surface area (Å²) in [5, 5.41) is 11.6. The third-order valence-electron chi connectivity index (χ3n) is 1.92. The van der Waals surface area contributed by atoms with Crippen LogP contribution in [0.25, 0.3) is 0 Å². The molecule has 5 heteroatoms. The molecule has 1 atom stereocenters. The number of aromatic nitrogens is 1. The minimum atomic E-state index is -0.867. The van der Waals surface area contributed by atoms with E-state index in [9.17, 15) is 4.79 Å². The van der Waals surface area contributed by atoms with Gasteiger partial charge in [-0.25, -0.2) is 0 Å². The van der Waals surface area contributed by atoms with Crippen molar-refractivity contribution in [2.45, 2.75) is 19.0 Å². The summed E-state index contributed by atoms with van der Waals surface area (Å²) in [6.07, 6.45) is 3.42. The molecule has 0 radical (unpaired) electrons. The maximum Gasteiger partial charge on any atom is 0.304 e. The molecule has 1 rings (SSSR count). The Balaban J connectivity index is 2.19. The van der Waals surface area contributed by atoms with Crippen LogP contribution < -0.4 is 11.1 Å². The summed E-state index contributed by atoms with van der Waals surface area (Å²) in [5.41, 5.74) is 6.69. The van der Waals surface area contributed by atoms with Gasteiger partial charge in [-0.1, -0.05) is 0 Å². The van der Waals surface area contributed by atoms with E-state index in [0.717, 1.165) is 5.56 Å². The molecule has 0 spiro atoms. The van der Waals surface area contributed by atoms with Gasteiger partial charge in [-0.15, -0.1) is 0 Å². The molecule has 0 aliphatic carbocycles. The molecule has 0 saturated heterocycles. The van der Waals surface area contributed by atoms with E-state index < -0.39 is 5.97 Å². The van der Waals surface area contributed by atoms with Gasteiger partial charge in [0.05, 0.1) is 6.42 Å². The Labute approximate surface area is 88.3 Å². The first kappa shape index (κ1) is 11.6. The van der Waals surface area contributed by atoms with Gasteiger partial charge in [0.25, 0.3) is 0 Å². The fraction of sp³-hybridized carbons (Fsp3) is 0.400. The second kappa shape index (κ2) is 6.10. The number of aliphatic carboxylic acids is 1. The molecule has 4 N–H and O–H groups in total. The molecule has 0 amide bonds. The molecule has 82 valence electrons. The monoisotopic (exact) mass is 209 g/mol. The van der Waals surface area contributed by atoms with E-state index >= 15 is 0 Å². The zero-order chi connectivity index (χ0) is 11.1. The van der Waals surface area contributed by atoms with Gasteiger partial charge in [-0.05, 0) is 17.7 Å². The molecule has 0 aliphatic heterocycles. The highest BCUT2D eigenvalue weighted by Gasteiger charge is 2.06. The maximum absolute atomic E-state index is 10.3. The Bertz CT molecular complexity index is 303. The van der Waals surface area contributed by atoms with Crippen LogP contribution in [0.1, 0.15) is 12.0 Å². The summed E-state index contributed by atoms with van der Waals surface area (Å²) in [7, 11) is 0. The fourth-order valence-corrected chi connectivity index (χ4v) is 1.20. The van der Waals surface area contributed by atoms with Gasteiger partial charge in [-0.2, -0.15) is 0 Å². The second-order valence-electron chi connectivity index (χ2n) is 3.34. The Morgan fingerprint density at radius 3 is 2.80 bits per heavy atom. The van der Waals surface area contributed by atoms with Crippen LogP contribution in [-0.4, -0.2) is 28.6 Å². The number of pyridine rings is 1. The average Bonchev–Trinajstić information content (AvgIpc) is 2.18. The molecular weight excluding hydrogens is 194 g/mol. The Kier molecular flexibility index (Phi) is 4.73. The zero-order valence-corrected chi connectivity index (χ0v) is 8.39. The molecule has 0 saturated carbocycles. The summed E-state index contributed by atoms with van der Waals surface area (Å²) in [6.45, 7) is 1.17. The van der Waals surface area contributed by atoms with Crippen LogP contribution in [0.2, 0.25) is 0 Å². The van der Waals surface area contributed by atoms with Gasteiger partial charge < -0.3 is 16.2 Å². The molecule has 1 heterocycles. The van der Waals surface area contributed by atoms with Gasteiger partial charge in [0.2, 0.25) is 0 Å². The van der Waals surface area contributed by atoms with Crippen molar-refractivity contribution < 1.29 is 9.90 Å². The lowest BCUT2D eigenvalue weighted by Gasteiger charge is -2.10. The number of nitrogens with two attached hydrogens (primary N) is 1. The summed E-state index contributed by atoms with van der Waals surface area (Å²) in [5.74, 6) is -0.867. The molecule has 1 aromatic heterocycles. The van der Waals surface area contributed by atoms with Gasteiger partial charge >= 0.3 is 5.97 Å². The third kappa shape index (κ3) is 5.09. The van der Waals surface area contributed by atoms with Crippen LogP contribution in [0.3, 0.4) is 0 Å². The molecule has 0 aliphatic rings. The van der Waals surface area contributed by atoms with E-state index in [1.807, 2.05) is 12.1 Å². The van der Waals surface area contributed by atoms with E-state index in [2.05, 4.69) is 10.3 Å². The standard InChI is InChI=1S/C10H15N3O2/c11-9(5-10(14)15)7-13-6-8-1-3-12-4-2-8/h1-4,9,13H,5-7,11H2,(H,14,15). The zero-order valence-electron chi connectivity index (χ0n) is 8.39. The van der Waals surface area contributed by atoms with Crippen LogP contribution in [0.4, 0.5) is 0 Å². The Morgan fingerprint density at radius 2 is 2.20 bits per heavy atom. The molecule has 15 heavy (non-hydrogen) atoms. The Hall–Kier alpha value is -1.46. The van der Waals surface area contributed by atoms with Crippen molar-refractivity contribution in [3.8, 4) is 0 Å². The largest absolute Gasteiger partial charge is 0.481 e. The van der Waals surface area contributed by atoms with Gasteiger partial charge in [0, 0.05) is 31.5 Å². The first-order valence-electron chi connectivity index (χ1n) is 4.75. The van der Waals surface area contributed by atoms with E-state index in [4.69, 9.17) is 10.8 Å². The van der Waals surface area contributed by atoms with Crippen molar-refractivity contribution in [3.63, 3.8) is 0 Å². The number of hydrogen-bond acceptors (Lipinski definition) is 4. The minimum absolute atomic E-state index is 0.0106. The number of carbonyl (C=O) groups is 1. The van der Waals surface area contributed by atoms with Crippen LogP contribution in [0, 0.1) is 0 Å². The number of carboxylic acids is 1. The van der Waals surface area contributed by atoms with E-state index in [1.165, 1.54) is 0 Å². The summed E-state index contributed by atoms with van der Waals surface area (Å²) < 4.78 is 0. The summed E-state index contributed by atoms with van der Waals surface area (Å²) in [6, 6.07) is 3.45. The Morgan fingerprint density at radius 1 is 1.53 bits per heavy atom. The predicted molar refractivity (Wildman–Crippen MR) is 56.2 cm³/mol. The van der Waals surface area contributed by atoms with Crippen molar-refractivity contribution in [2.75, 3.05) is 6.54 Å². The van der Waals surface area contributed by atoms with Gasteiger partial charge in [-0.3, -0.25) is 9.78 Å². The highest BCUT2D eigenvalue weighted by atomic mass is 16.4. The fourth-order valence-electron chi connectivity index (χ4n) is 1.20. The third-order valence-corrected chi connectivity index (χ3v) is 1.92. The van der Waals surface area contributed by atoms with Gasteiger partial charge in [0.15, 0.2) is 0 Å². The molecule has 0 fully saturated rings. The lowest BCUT2D eigenvalue weighted by molar-refractivity contribution is -0.137. The number of nitrogens with zero attached hydrogens (tertiary/aromatic N) is 1. The van der Waals surface area contributed by atoms with Crippen molar-refractivity contribution in [3.05, 3.63) is 30.1 Å². The van der Waals surface area contributed by atoms with E-state index in [0.29, 0.717) is 13.1 Å². The van der Waals surface area contributed by atoms with Crippen LogP contribution in [0.15, 0.2) is 24.5 Å². The molecule has 5 nitrogen and oxygen atoms in total. The number of rotatable bonds is 6. The van der Waals surface area contributed by atoms with Crippen molar-refractivity contribution >= 4 is 5.97 Å². The highest BCUT2D eigenvalue weighted by molar-refractivity contribution is 5.67. The van der Waals surface area contributed by atoms with E-state index in [1.54, 1.807) is 12.4 Å². The van der Waals surface area contributed by atoms with Crippen LogP contribution in [0.5, 0.6) is 0 Å². The average molecular weight is 209 g/mol. The van der Waals surface area contributed by atoms with Gasteiger partial charge in [0.1, 0.15) is 0 Å². The van der Waals surface area contributed by atoms with Crippen LogP contribution >= 0.6 is 0 Å². The maximum atomic E-state index is 10.3. The number of hydrogen-bond donors (Lipinski definition) is 3. The summed E-state index contributed by atoms with van der Waals surface area (Å²) >= 11 is 0. The minimum Gasteiger partial charge on any atom is -0.481 e. The smallest absolute Gasteiger partial charge is 0.304 e. The predicted octanol–water partition coefficient (Wildman–Crippen LogP) is -0.0268. The van der Waals surface area contributed by atoms with Crippen molar-refractivity contribution in [1.82, 2.24) is 10.3 Å².